The van der Waals surface area contributed by atoms with Gasteiger partial charge in [-0.1, -0.05) is 30.0 Å². The quantitative estimate of drug-likeness (QED) is 0.420. The second kappa shape index (κ2) is 10.7. The van der Waals surface area contributed by atoms with Crippen LogP contribution in [0, 0.1) is 5.82 Å². The lowest BCUT2D eigenvalue weighted by Crippen LogP contribution is -2.16. The highest BCUT2D eigenvalue weighted by atomic mass is 32.2. The number of carbonyl (C=O) groups is 1. The van der Waals surface area contributed by atoms with Gasteiger partial charge in [0.2, 0.25) is 5.91 Å². The van der Waals surface area contributed by atoms with Crippen LogP contribution in [0.3, 0.4) is 0 Å². The molecule has 1 amide bonds. The normalized spacial score (nSPS) is 12.1. The number of aromatic nitrogens is 3. The van der Waals surface area contributed by atoms with E-state index >= 15 is 0 Å². The minimum Gasteiger partial charge on any atom is -0.480 e. The van der Waals surface area contributed by atoms with Crippen LogP contribution in [0.4, 0.5) is 10.1 Å². The van der Waals surface area contributed by atoms with Crippen LogP contribution < -0.4 is 10.1 Å². The van der Waals surface area contributed by atoms with Gasteiger partial charge in [0, 0.05) is 16.6 Å². The monoisotopic (exact) mass is 460 g/mol. The van der Waals surface area contributed by atoms with Gasteiger partial charge >= 0.3 is 0 Å². The Balaban J connectivity index is 1.68. The molecule has 2 aromatic carbocycles. The van der Waals surface area contributed by atoms with E-state index in [2.05, 4.69) is 15.5 Å². The number of halogens is 1. The molecule has 1 aromatic heterocycles. The van der Waals surface area contributed by atoms with Gasteiger partial charge in [-0.2, -0.15) is 0 Å². The summed E-state index contributed by atoms with van der Waals surface area (Å²) in [5, 5.41) is 12.0. The van der Waals surface area contributed by atoms with Crippen molar-refractivity contribution in [1.29, 1.82) is 0 Å². The summed E-state index contributed by atoms with van der Waals surface area (Å²) in [7, 11) is 0. The van der Waals surface area contributed by atoms with E-state index in [9.17, 15) is 9.18 Å². The first kappa shape index (κ1) is 23.1. The number of ether oxygens (including phenoxy) is 1. The standard InChI is InChI=1S/C22H25FN4O2S2/c1-14(2)27-21(15(3)29-19-11-6-5-10-18(19)23)25-26-22(27)31-13-20(28)24-16-8-7-9-17(12-16)30-4/h5-12,14-15H,13H2,1-4H3,(H,24,28). The lowest BCUT2D eigenvalue weighted by Gasteiger charge is -2.19. The Morgan fingerprint density at radius 1 is 1.16 bits per heavy atom. The molecule has 0 radical (unpaired) electrons. The van der Waals surface area contributed by atoms with Crippen molar-refractivity contribution in [3.05, 3.63) is 60.2 Å². The van der Waals surface area contributed by atoms with Crippen molar-refractivity contribution in [2.24, 2.45) is 0 Å². The second-order valence-corrected chi connectivity index (χ2v) is 8.89. The largest absolute Gasteiger partial charge is 0.480 e. The Morgan fingerprint density at radius 3 is 2.65 bits per heavy atom. The number of nitrogens with one attached hydrogen (secondary N) is 1. The summed E-state index contributed by atoms with van der Waals surface area (Å²) >= 11 is 2.92. The van der Waals surface area contributed by atoms with Gasteiger partial charge in [0.15, 0.2) is 28.7 Å². The number of anilines is 1. The second-order valence-electron chi connectivity index (χ2n) is 7.06. The van der Waals surface area contributed by atoms with Gasteiger partial charge < -0.3 is 14.6 Å². The maximum atomic E-state index is 13.9. The van der Waals surface area contributed by atoms with E-state index in [-0.39, 0.29) is 23.5 Å². The fourth-order valence-electron chi connectivity index (χ4n) is 2.96. The summed E-state index contributed by atoms with van der Waals surface area (Å²) in [6, 6.07) is 14.0. The first-order valence-corrected chi connectivity index (χ1v) is 12.0. The zero-order chi connectivity index (χ0) is 22.4. The fraction of sp³-hybridized carbons (Fsp3) is 0.318. The molecule has 9 heteroatoms. The molecule has 1 heterocycles. The molecule has 1 unspecified atom stereocenters. The van der Waals surface area contributed by atoms with E-state index in [1.165, 1.54) is 17.8 Å². The van der Waals surface area contributed by atoms with Crippen LogP contribution in [0.1, 0.15) is 38.7 Å². The van der Waals surface area contributed by atoms with Crippen molar-refractivity contribution in [2.45, 2.75) is 43.0 Å². The summed E-state index contributed by atoms with van der Waals surface area (Å²) in [6.45, 7) is 5.80. The van der Waals surface area contributed by atoms with Crippen molar-refractivity contribution in [2.75, 3.05) is 17.3 Å². The van der Waals surface area contributed by atoms with Crippen molar-refractivity contribution in [3.63, 3.8) is 0 Å². The lowest BCUT2D eigenvalue weighted by molar-refractivity contribution is -0.113. The third-order valence-corrected chi connectivity index (χ3v) is 6.07. The van der Waals surface area contributed by atoms with Gasteiger partial charge in [0.05, 0.1) is 5.75 Å². The van der Waals surface area contributed by atoms with Crippen LogP contribution in [0.15, 0.2) is 58.6 Å². The molecule has 3 aromatic rings. The van der Waals surface area contributed by atoms with E-state index in [0.29, 0.717) is 11.0 Å². The molecule has 31 heavy (non-hydrogen) atoms. The minimum atomic E-state index is -0.510. The Morgan fingerprint density at radius 2 is 1.94 bits per heavy atom. The maximum Gasteiger partial charge on any atom is 0.234 e. The van der Waals surface area contributed by atoms with E-state index in [1.54, 1.807) is 36.9 Å². The van der Waals surface area contributed by atoms with Gasteiger partial charge in [-0.3, -0.25) is 4.79 Å². The Hall–Kier alpha value is -2.52. The predicted molar refractivity (Wildman–Crippen MR) is 123 cm³/mol. The van der Waals surface area contributed by atoms with Crippen LogP contribution in [0.2, 0.25) is 0 Å². The topological polar surface area (TPSA) is 69.0 Å². The highest BCUT2D eigenvalue weighted by Crippen LogP contribution is 2.28. The summed E-state index contributed by atoms with van der Waals surface area (Å²) in [4.78, 5) is 13.5. The number of para-hydroxylation sites is 1. The molecule has 0 aliphatic carbocycles. The van der Waals surface area contributed by atoms with Crippen LogP contribution in [-0.2, 0) is 4.79 Å². The van der Waals surface area contributed by atoms with Gasteiger partial charge in [-0.05, 0) is 57.4 Å². The average molecular weight is 461 g/mol. The molecule has 6 nitrogen and oxygen atoms in total. The number of hydrogen-bond donors (Lipinski definition) is 1. The number of nitrogens with zero attached hydrogens (tertiary/aromatic N) is 3. The van der Waals surface area contributed by atoms with Crippen LogP contribution in [0.5, 0.6) is 5.75 Å². The van der Waals surface area contributed by atoms with Gasteiger partial charge in [-0.25, -0.2) is 4.39 Å². The molecule has 0 fully saturated rings. The maximum absolute atomic E-state index is 13.9. The van der Waals surface area contributed by atoms with Crippen molar-refractivity contribution >= 4 is 35.1 Å². The van der Waals surface area contributed by atoms with E-state index in [1.807, 2.05) is 48.9 Å². The number of rotatable bonds is 9. The summed E-state index contributed by atoms with van der Waals surface area (Å²) in [5.41, 5.74) is 0.760. The number of benzene rings is 2. The molecule has 0 bridgehead atoms. The smallest absolute Gasteiger partial charge is 0.234 e. The molecule has 164 valence electrons. The molecule has 1 N–H and O–H groups in total. The van der Waals surface area contributed by atoms with Crippen LogP contribution >= 0.6 is 23.5 Å². The van der Waals surface area contributed by atoms with Crippen molar-refractivity contribution in [1.82, 2.24) is 14.8 Å². The highest BCUT2D eigenvalue weighted by molar-refractivity contribution is 7.99. The number of thioether (sulfide) groups is 2. The highest BCUT2D eigenvalue weighted by Gasteiger charge is 2.22. The lowest BCUT2D eigenvalue weighted by atomic mass is 10.3. The van der Waals surface area contributed by atoms with Gasteiger partial charge in [0.1, 0.15) is 0 Å². The Kier molecular flexibility index (Phi) is 7.97. The van der Waals surface area contributed by atoms with E-state index in [4.69, 9.17) is 4.74 Å². The average Bonchev–Trinajstić information content (AvgIpc) is 3.18. The fourth-order valence-corrected chi connectivity index (χ4v) is 4.29. The first-order chi connectivity index (χ1) is 14.9. The molecule has 3 rings (SSSR count). The zero-order valence-corrected chi connectivity index (χ0v) is 19.5. The number of amides is 1. The summed E-state index contributed by atoms with van der Waals surface area (Å²) in [5.74, 6) is 0.375. The molecule has 0 aliphatic heterocycles. The van der Waals surface area contributed by atoms with Crippen LogP contribution in [-0.4, -0.2) is 32.7 Å². The number of carbonyl (C=O) groups excluding carboxylic acids is 1. The summed E-state index contributed by atoms with van der Waals surface area (Å²) in [6.07, 6.45) is 1.48. The predicted octanol–water partition coefficient (Wildman–Crippen LogP) is 5.59. The third-order valence-electron chi connectivity index (χ3n) is 4.40. The Bertz CT molecular complexity index is 1040. The minimum absolute atomic E-state index is 0.0421. The molecular formula is C22H25FN4O2S2. The first-order valence-electron chi connectivity index (χ1n) is 9.81. The van der Waals surface area contributed by atoms with E-state index in [0.717, 1.165) is 10.6 Å². The third kappa shape index (κ3) is 6.01. The van der Waals surface area contributed by atoms with E-state index < -0.39 is 11.9 Å². The van der Waals surface area contributed by atoms with Gasteiger partial charge in [0.25, 0.3) is 0 Å². The molecular weight excluding hydrogens is 435 g/mol. The zero-order valence-electron chi connectivity index (χ0n) is 17.8. The molecule has 0 saturated heterocycles. The molecule has 0 aliphatic rings. The summed E-state index contributed by atoms with van der Waals surface area (Å²) < 4.78 is 21.6. The molecule has 0 spiro atoms. The van der Waals surface area contributed by atoms with Crippen molar-refractivity contribution < 1.29 is 13.9 Å². The SMILES string of the molecule is CSc1cccc(NC(=O)CSc2nnc(C(C)Oc3ccccc3F)n2C(C)C)c1. The van der Waals surface area contributed by atoms with Crippen molar-refractivity contribution in [3.8, 4) is 5.75 Å². The van der Waals surface area contributed by atoms with Gasteiger partial charge in [-0.15, -0.1) is 22.0 Å². The van der Waals surface area contributed by atoms with Crippen LogP contribution in [0.25, 0.3) is 0 Å². The molecule has 0 saturated carbocycles. The number of hydrogen-bond acceptors (Lipinski definition) is 6. The molecule has 1 atom stereocenters. The Labute approximate surface area is 190 Å².